The minimum absolute atomic E-state index is 0.0385. The Labute approximate surface area is 147 Å². The fourth-order valence-electron chi connectivity index (χ4n) is 2.76. The molecule has 1 heterocycles. The van der Waals surface area contributed by atoms with Crippen molar-refractivity contribution >= 4 is 17.7 Å². The van der Waals surface area contributed by atoms with Crippen LogP contribution in [0.2, 0.25) is 0 Å². The van der Waals surface area contributed by atoms with E-state index in [4.69, 9.17) is 0 Å². The second-order valence-corrected chi connectivity index (χ2v) is 6.83. The van der Waals surface area contributed by atoms with Gasteiger partial charge in [0, 0.05) is 0 Å². The summed E-state index contributed by atoms with van der Waals surface area (Å²) >= 11 is 1.27. The summed E-state index contributed by atoms with van der Waals surface area (Å²) in [6.45, 7) is 0.0385. The Bertz CT molecular complexity index is 751. The summed E-state index contributed by atoms with van der Waals surface area (Å²) in [4.78, 5) is 13.6. The highest BCUT2D eigenvalue weighted by Crippen LogP contribution is 2.41. The van der Waals surface area contributed by atoms with Crippen molar-refractivity contribution < 1.29 is 23.1 Å². The zero-order valence-corrected chi connectivity index (χ0v) is 13.9. The predicted molar refractivity (Wildman–Crippen MR) is 89.8 cm³/mol. The monoisotopic (exact) mass is 367 g/mol. The lowest BCUT2D eigenvalue weighted by Crippen LogP contribution is -2.32. The molecule has 0 aromatic heterocycles. The van der Waals surface area contributed by atoms with Crippen molar-refractivity contribution in [3.8, 4) is 0 Å². The number of nitrogens with zero attached hydrogens (tertiary/aromatic N) is 1. The number of halogens is 3. The highest BCUT2D eigenvalue weighted by Gasteiger charge is 2.36. The summed E-state index contributed by atoms with van der Waals surface area (Å²) in [5.74, 6) is -0.00927. The van der Waals surface area contributed by atoms with E-state index in [1.54, 1.807) is 30.3 Å². The molecule has 0 aliphatic carbocycles. The largest absolute Gasteiger partial charge is 0.416 e. The predicted octanol–water partition coefficient (Wildman–Crippen LogP) is 4.01. The van der Waals surface area contributed by atoms with Gasteiger partial charge in [-0.2, -0.15) is 13.2 Å². The van der Waals surface area contributed by atoms with Crippen molar-refractivity contribution in [1.29, 1.82) is 0 Å². The highest BCUT2D eigenvalue weighted by atomic mass is 32.2. The minimum atomic E-state index is -4.43. The maximum absolute atomic E-state index is 12.9. The molecule has 2 aromatic carbocycles. The van der Waals surface area contributed by atoms with Gasteiger partial charge >= 0.3 is 6.18 Å². The third-order valence-corrected chi connectivity index (χ3v) is 5.28. The smallest absolute Gasteiger partial charge is 0.387 e. The normalized spacial score (nSPS) is 19.3. The Morgan fingerprint density at radius 2 is 1.88 bits per heavy atom. The number of aliphatic hydroxyl groups excluding tert-OH is 1. The number of amides is 1. The molecular weight excluding hydrogens is 351 g/mol. The van der Waals surface area contributed by atoms with Gasteiger partial charge in [0.15, 0.2) is 0 Å². The average molecular weight is 367 g/mol. The summed E-state index contributed by atoms with van der Waals surface area (Å²) in [6.07, 6.45) is -5.32. The van der Waals surface area contributed by atoms with Crippen LogP contribution in [0.25, 0.3) is 0 Å². The molecule has 0 saturated carbocycles. The van der Waals surface area contributed by atoms with E-state index in [9.17, 15) is 23.1 Å². The lowest BCUT2D eigenvalue weighted by molar-refractivity contribution is -0.137. The van der Waals surface area contributed by atoms with Crippen LogP contribution in [0.1, 0.15) is 28.2 Å². The zero-order chi connectivity index (χ0) is 18.0. The summed E-state index contributed by atoms with van der Waals surface area (Å²) in [5.41, 5.74) is 0.328. The van der Waals surface area contributed by atoms with Gasteiger partial charge in [0.25, 0.3) is 0 Å². The molecule has 1 aliphatic rings. The van der Waals surface area contributed by atoms with Gasteiger partial charge in [-0.25, -0.2) is 0 Å². The van der Waals surface area contributed by atoms with E-state index in [1.807, 2.05) is 6.07 Å². The molecule has 132 valence electrons. The number of hydrogen-bond acceptors (Lipinski definition) is 3. The molecule has 1 amide bonds. The van der Waals surface area contributed by atoms with Crippen molar-refractivity contribution in [1.82, 2.24) is 4.90 Å². The van der Waals surface area contributed by atoms with Crippen LogP contribution in [0.15, 0.2) is 54.6 Å². The van der Waals surface area contributed by atoms with Gasteiger partial charge in [-0.15, -0.1) is 11.8 Å². The molecular formula is C18H16F3NO2S. The van der Waals surface area contributed by atoms with Crippen molar-refractivity contribution in [2.24, 2.45) is 0 Å². The van der Waals surface area contributed by atoms with Crippen molar-refractivity contribution in [2.45, 2.75) is 17.7 Å². The number of rotatable bonds is 4. The van der Waals surface area contributed by atoms with Crippen LogP contribution in [0.3, 0.4) is 0 Å². The molecule has 25 heavy (non-hydrogen) atoms. The third kappa shape index (κ3) is 3.99. The number of thioether (sulfide) groups is 1. The van der Waals surface area contributed by atoms with E-state index in [-0.39, 0.29) is 18.2 Å². The molecule has 2 aromatic rings. The molecule has 0 bridgehead atoms. The maximum Gasteiger partial charge on any atom is 0.416 e. The molecule has 7 heteroatoms. The Kier molecular flexibility index (Phi) is 5.06. The topological polar surface area (TPSA) is 40.5 Å². The van der Waals surface area contributed by atoms with Gasteiger partial charge in [-0.3, -0.25) is 4.79 Å². The van der Waals surface area contributed by atoms with Gasteiger partial charge in [0.05, 0.1) is 24.0 Å². The van der Waals surface area contributed by atoms with Crippen LogP contribution < -0.4 is 0 Å². The molecule has 1 fully saturated rings. The van der Waals surface area contributed by atoms with Crippen LogP contribution in [-0.4, -0.2) is 28.2 Å². The average Bonchev–Trinajstić information content (AvgIpc) is 2.96. The quantitative estimate of drug-likeness (QED) is 0.888. The van der Waals surface area contributed by atoms with Crippen molar-refractivity contribution in [3.63, 3.8) is 0 Å². The van der Waals surface area contributed by atoms with Gasteiger partial charge in [-0.1, -0.05) is 42.5 Å². The number of alkyl halides is 3. The van der Waals surface area contributed by atoms with Crippen LogP contribution >= 0.6 is 11.8 Å². The standard InChI is InChI=1S/C18H16F3NO2S/c19-18(20,21)14-8-4-7-13(9-14)17-22(16(24)11-25-17)10-15(23)12-5-2-1-3-6-12/h1-9,15,17,23H,10-11H2/t15-,17-/m1/s1. The Hall–Kier alpha value is -1.99. The summed E-state index contributed by atoms with van der Waals surface area (Å²) in [7, 11) is 0. The number of hydrogen-bond donors (Lipinski definition) is 1. The van der Waals surface area contributed by atoms with Crippen LogP contribution in [0.4, 0.5) is 13.2 Å². The van der Waals surface area contributed by atoms with Crippen molar-refractivity contribution in [3.05, 3.63) is 71.3 Å². The van der Waals surface area contributed by atoms with Gasteiger partial charge in [0.2, 0.25) is 5.91 Å². The molecule has 2 atom stereocenters. The fourth-order valence-corrected chi connectivity index (χ4v) is 3.95. The number of carbonyl (C=O) groups excluding carboxylic acids is 1. The van der Waals surface area contributed by atoms with Gasteiger partial charge in [0.1, 0.15) is 5.37 Å². The Morgan fingerprint density at radius 1 is 1.16 bits per heavy atom. The van der Waals surface area contributed by atoms with E-state index in [0.29, 0.717) is 11.1 Å². The van der Waals surface area contributed by atoms with E-state index < -0.39 is 23.2 Å². The molecule has 3 nitrogen and oxygen atoms in total. The lowest BCUT2D eigenvalue weighted by atomic mass is 10.1. The SMILES string of the molecule is O=C1CS[C@H](c2cccc(C(F)(F)F)c2)N1C[C@@H](O)c1ccccc1. The molecule has 1 saturated heterocycles. The second-order valence-electron chi connectivity index (χ2n) is 5.76. The third-order valence-electron chi connectivity index (χ3n) is 4.02. The van der Waals surface area contributed by atoms with Gasteiger partial charge < -0.3 is 10.0 Å². The Balaban J connectivity index is 1.83. The molecule has 0 radical (unpaired) electrons. The molecule has 1 aliphatic heterocycles. The van der Waals surface area contributed by atoms with E-state index in [2.05, 4.69) is 0 Å². The summed E-state index contributed by atoms with van der Waals surface area (Å²) in [5, 5.41) is 9.83. The van der Waals surface area contributed by atoms with E-state index in [1.165, 1.54) is 22.7 Å². The minimum Gasteiger partial charge on any atom is -0.387 e. The van der Waals surface area contributed by atoms with Crippen LogP contribution in [0, 0.1) is 0 Å². The molecule has 0 unspecified atom stereocenters. The lowest BCUT2D eigenvalue weighted by Gasteiger charge is -2.27. The summed E-state index contributed by atoms with van der Waals surface area (Å²) in [6, 6.07) is 13.9. The first-order valence-corrected chi connectivity index (χ1v) is 8.72. The Morgan fingerprint density at radius 3 is 2.56 bits per heavy atom. The molecule has 0 spiro atoms. The fraction of sp³-hybridized carbons (Fsp3) is 0.278. The first kappa shape index (κ1) is 17.8. The zero-order valence-electron chi connectivity index (χ0n) is 13.1. The maximum atomic E-state index is 12.9. The number of carbonyl (C=O) groups is 1. The van der Waals surface area contributed by atoms with E-state index >= 15 is 0 Å². The van der Waals surface area contributed by atoms with E-state index in [0.717, 1.165) is 12.1 Å². The number of β-amino-alcohol motifs (C(OH)–C–C–N with tert-alkyl or cyclic N) is 1. The first-order valence-electron chi connectivity index (χ1n) is 7.67. The van der Waals surface area contributed by atoms with Gasteiger partial charge in [-0.05, 0) is 23.3 Å². The van der Waals surface area contributed by atoms with Crippen molar-refractivity contribution in [2.75, 3.05) is 12.3 Å². The molecule has 3 rings (SSSR count). The van der Waals surface area contributed by atoms with Crippen LogP contribution in [-0.2, 0) is 11.0 Å². The molecule has 1 N–H and O–H groups in total. The number of benzene rings is 2. The van der Waals surface area contributed by atoms with Crippen LogP contribution in [0.5, 0.6) is 0 Å². The summed E-state index contributed by atoms with van der Waals surface area (Å²) < 4.78 is 38.8. The first-order chi connectivity index (χ1) is 11.9. The second kappa shape index (κ2) is 7.09. The number of aliphatic hydroxyl groups is 1. The highest BCUT2D eigenvalue weighted by molar-refractivity contribution is 8.00.